The molecule has 0 aromatic carbocycles. The fourth-order valence-electron chi connectivity index (χ4n) is 3.25. The van der Waals surface area contributed by atoms with Crippen molar-refractivity contribution in [1.29, 1.82) is 0 Å². The number of nitrogens with two attached hydrogens (primary N) is 1. The predicted molar refractivity (Wildman–Crippen MR) is 68.6 cm³/mol. The molecule has 1 heterocycles. The van der Waals surface area contributed by atoms with Crippen molar-refractivity contribution in [2.45, 2.75) is 44.4 Å². The molecule has 4 heteroatoms. The first kappa shape index (κ1) is 11.1. The Bertz CT molecular complexity index is 458. The summed E-state index contributed by atoms with van der Waals surface area (Å²) >= 11 is 1.61. The molecule has 17 heavy (non-hydrogen) atoms. The molecule has 92 valence electrons. The standard InChI is InChI=1S/C13H17NO2S/c1-2-16-13(15)10-9-7-3-5-8(6-4-7)11(9)17-12(10)14/h7-8H,2-6,14H2,1H3. The maximum Gasteiger partial charge on any atom is 0.341 e. The minimum Gasteiger partial charge on any atom is -0.462 e. The van der Waals surface area contributed by atoms with Crippen LogP contribution >= 0.6 is 11.3 Å². The highest BCUT2D eigenvalue weighted by molar-refractivity contribution is 7.16. The van der Waals surface area contributed by atoms with Gasteiger partial charge in [-0.05, 0) is 50.0 Å². The lowest BCUT2D eigenvalue weighted by molar-refractivity contribution is 0.0525. The Labute approximate surface area is 105 Å². The molecule has 1 aromatic heterocycles. The van der Waals surface area contributed by atoms with Crippen LogP contribution < -0.4 is 5.73 Å². The molecule has 3 aliphatic carbocycles. The average molecular weight is 251 g/mol. The number of hydrogen-bond acceptors (Lipinski definition) is 4. The van der Waals surface area contributed by atoms with Gasteiger partial charge in [-0.2, -0.15) is 0 Å². The monoisotopic (exact) mass is 251 g/mol. The Morgan fingerprint density at radius 2 is 2.00 bits per heavy atom. The van der Waals surface area contributed by atoms with Gasteiger partial charge in [-0.3, -0.25) is 0 Å². The quantitative estimate of drug-likeness (QED) is 0.821. The zero-order valence-electron chi connectivity index (χ0n) is 9.99. The number of thiophene rings is 1. The van der Waals surface area contributed by atoms with Gasteiger partial charge in [0.2, 0.25) is 0 Å². The molecule has 1 saturated carbocycles. The van der Waals surface area contributed by atoms with E-state index < -0.39 is 0 Å². The second-order valence-corrected chi connectivity index (χ2v) is 5.97. The minimum absolute atomic E-state index is 0.227. The summed E-state index contributed by atoms with van der Waals surface area (Å²) in [5.74, 6) is 0.962. The van der Waals surface area contributed by atoms with Crippen LogP contribution in [0, 0.1) is 0 Å². The lowest BCUT2D eigenvalue weighted by atomic mass is 9.70. The predicted octanol–water partition coefficient (Wildman–Crippen LogP) is 3.26. The summed E-state index contributed by atoms with van der Waals surface area (Å²) in [7, 11) is 0. The van der Waals surface area contributed by atoms with E-state index in [1.807, 2.05) is 6.92 Å². The first-order valence-electron chi connectivity index (χ1n) is 6.31. The molecule has 4 rings (SSSR count). The van der Waals surface area contributed by atoms with Crippen molar-refractivity contribution in [2.24, 2.45) is 0 Å². The molecule has 0 radical (unpaired) electrons. The molecule has 1 fully saturated rings. The molecule has 0 saturated heterocycles. The van der Waals surface area contributed by atoms with E-state index in [9.17, 15) is 4.79 Å². The molecule has 0 spiro atoms. The number of esters is 1. The van der Waals surface area contributed by atoms with Crippen LogP contribution in [0.3, 0.4) is 0 Å². The van der Waals surface area contributed by atoms with Crippen LogP contribution in [-0.4, -0.2) is 12.6 Å². The smallest absolute Gasteiger partial charge is 0.341 e. The highest BCUT2D eigenvalue weighted by Gasteiger charge is 2.39. The van der Waals surface area contributed by atoms with E-state index in [2.05, 4.69) is 0 Å². The number of carbonyl (C=O) groups excluding carboxylic acids is 1. The van der Waals surface area contributed by atoms with Gasteiger partial charge in [-0.15, -0.1) is 11.3 Å². The van der Waals surface area contributed by atoms with Crippen molar-refractivity contribution in [2.75, 3.05) is 12.3 Å². The minimum atomic E-state index is -0.227. The van der Waals surface area contributed by atoms with E-state index in [4.69, 9.17) is 10.5 Å². The SMILES string of the molecule is CCOC(=O)c1c(N)sc2c1C1CCC2CC1. The molecule has 1 aromatic rings. The molecular formula is C13H17NO2S. The van der Waals surface area contributed by atoms with E-state index in [1.165, 1.54) is 36.1 Å². The molecule has 2 N–H and O–H groups in total. The second-order valence-electron chi connectivity index (χ2n) is 4.89. The number of fused-ring (bicyclic) bond motifs is 2. The fourth-order valence-corrected chi connectivity index (χ4v) is 4.56. The van der Waals surface area contributed by atoms with Gasteiger partial charge in [0.05, 0.1) is 12.2 Å². The topological polar surface area (TPSA) is 52.3 Å². The Kier molecular flexibility index (Phi) is 2.62. The first-order valence-corrected chi connectivity index (χ1v) is 7.13. The van der Waals surface area contributed by atoms with Gasteiger partial charge in [-0.25, -0.2) is 4.79 Å². The number of anilines is 1. The summed E-state index contributed by atoms with van der Waals surface area (Å²) in [4.78, 5) is 13.3. The van der Waals surface area contributed by atoms with Gasteiger partial charge in [0.1, 0.15) is 5.00 Å². The third-order valence-electron chi connectivity index (χ3n) is 3.99. The Morgan fingerprint density at radius 1 is 1.35 bits per heavy atom. The number of ether oxygens (including phenoxy) is 1. The van der Waals surface area contributed by atoms with Gasteiger partial charge >= 0.3 is 5.97 Å². The number of carbonyl (C=O) groups is 1. The van der Waals surface area contributed by atoms with Crippen molar-refractivity contribution in [3.63, 3.8) is 0 Å². The zero-order valence-corrected chi connectivity index (χ0v) is 10.8. The van der Waals surface area contributed by atoms with Gasteiger partial charge in [0, 0.05) is 4.88 Å². The summed E-state index contributed by atoms with van der Waals surface area (Å²) in [6.45, 7) is 2.25. The molecule has 0 aliphatic heterocycles. The molecule has 2 bridgehead atoms. The third kappa shape index (κ3) is 1.58. The van der Waals surface area contributed by atoms with Crippen molar-refractivity contribution in [3.05, 3.63) is 16.0 Å². The highest BCUT2D eigenvalue weighted by Crippen LogP contribution is 2.55. The first-order chi connectivity index (χ1) is 8.22. The van der Waals surface area contributed by atoms with E-state index in [-0.39, 0.29) is 5.97 Å². The van der Waals surface area contributed by atoms with Crippen LogP contribution in [-0.2, 0) is 4.74 Å². The van der Waals surface area contributed by atoms with E-state index in [0.717, 1.165) is 0 Å². The maximum absolute atomic E-state index is 12.0. The highest BCUT2D eigenvalue weighted by atomic mass is 32.1. The Morgan fingerprint density at radius 3 is 2.65 bits per heavy atom. The maximum atomic E-state index is 12.0. The average Bonchev–Trinajstić information content (AvgIpc) is 2.69. The van der Waals surface area contributed by atoms with Crippen LogP contribution in [0.1, 0.15) is 65.2 Å². The molecule has 0 amide bonds. The van der Waals surface area contributed by atoms with E-state index >= 15 is 0 Å². The summed E-state index contributed by atoms with van der Waals surface area (Å²) in [6.07, 6.45) is 4.94. The van der Waals surface area contributed by atoms with Gasteiger partial charge < -0.3 is 10.5 Å². The third-order valence-corrected chi connectivity index (χ3v) is 5.18. The van der Waals surface area contributed by atoms with Crippen LogP contribution in [0.5, 0.6) is 0 Å². The summed E-state index contributed by atoms with van der Waals surface area (Å²) in [5, 5.41) is 0.659. The van der Waals surface area contributed by atoms with Crippen LogP contribution in [0.15, 0.2) is 0 Å². The van der Waals surface area contributed by atoms with Crippen LogP contribution in [0.2, 0.25) is 0 Å². The Hall–Kier alpha value is -1.03. The van der Waals surface area contributed by atoms with E-state index in [0.29, 0.717) is 29.0 Å². The summed E-state index contributed by atoms with van der Waals surface area (Å²) in [6, 6.07) is 0. The van der Waals surface area contributed by atoms with Crippen LogP contribution in [0.25, 0.3) is 0 Å². The normalized spacial score (nSPS) is 25.7. The van der Waals surface area contributed by atoms with Crippen molar-refractivity contribution in [3.8, 4) is 0 Å². The molecule has 0 unspecified atom stereocenters. The van der Waals surface area contributed by atoms with E-state index in [1.54, 1.807) is 11.3 Å². The van der Waals surface area contributed by atoms with Crippen molar-refractivity contribution in [1.82, 2.24) is 0 Å². The van der Waals surface area contributed by atoms with Crippen LogP contribution in [0.4, 0.5) is 5.00 Å². The number of nitrogen functional groups attached to an aromatic ring is 1. The number of rotatable bonds is 2. The number of hydrogen-bond donors (Lipinski definition) is 1. The lowest BCUT2D eigenvalue weighted by Gasteiger charge is -2.36. The molecular weight excluding hydrogens is 234 g/mol. The summed E-state index contributed by atoms with van der Waals surface area (Å²) < 4.78 is 5.13. The largest absolute Gasteiger partial charge is 0.462 e. The zero-order chi connectivity index (χ0) is 12.0. The molecule has 0 atom stereocenters. The summed E-state index contributed by atoms with van der Waals surface area (Å²) in [5.41, 5.74) is 7.93. The second kappa shape index (κ2) is 4.02. The lowest BCUT2D eigenvalue weighted by Crippen LogP contribution is -2.22. The molecule has 3 aliphatic rings. The Balaban J connectivity index is 2.08. The van der Waals surface area contributed by atoms with Gasteiger partial charge in [0.25, 0.3) is 0 Å². The fraction of sp³-hybridized carbons (Fsp3) is 0.615. The van der Waals surface area contributed by atoms with Gasteiger partial charge in [0.15, 0.2) is 0 Å². The van der Waals surface area contributed by atoms with Crippen molar-refractivity contribution < 1.29 is 9.53 Å². The van der Waals surface area contributed by atoms with Gasteiger partial charge in [-0.1, -0.05) is 0 Å². The molecule has 3 nitrogen and oxygen atoms in total. The van der Waals surface area contributed by atoms with Crippen molar-refractivity contribution >= 4 is 22.3 Å².